The van der Waals surface area contributed by atoms with Gasteiger partial charge in [0.15, 0.2) is 0 Å². The minimum absolute atomic E-state index is 0.237. The van der Waals surface area contributed by atoms with Gasteiger partial charge in [0.1, 0.15) is 23.8 Å². The number of aromatic nitrogens is 5. The van der Waals surface area contributed by atoms with E-state index in [4.69, 9.17) is 4.74 Å². The average molecular weight is 420 g/mol. The van der Waals surface area contributed by atoms with Crippen molar-refractivity contribution in [3.05, 3.63) is 81.1 Å². The van der Waals surface area contributed by atoms with E-state index in [1.54, 1.807) is 30.5 Å². The van der Waals surface area contributed by atoms with Crippen LogP contribution in [0, 0.1) is 0 Å². The van der Waals surface area contributed by atoms with Crippen molar-refractivity contribution in [2.24, 2.45) is 21.1 Å². The number of hydrogen-bond donors (Lipinski definition) is 1. The van der Waals surface area contributed by atoms with Gasteiger partial charge in [0.05, 0.1) is 17.3 Å². The molecule has 3 heterocycles. The number of benzene rings is 1. The summed E-state index contributed by atoms with van der Waals surface area (Å²) in [5, 5.41) is 2.96. The SMILES string of the molecule is Cn1ccnc1COc1ccc(C(=O)Nc2cnc3c(c2)c(=O)n(C)c(=O)n3C)cc1. The molecular weight excluding hydrogens is 400 g/mol. The van der Waals surface area contributed by atoms with Crippen molar-refractivity contribution in [3.8, 4) is 5.75 Å². The molecule has 0 radical (unpaired) electrons. The Morgan fingerprint density at radius 1 is 1.06 bits per heavy atom. The van der Waals surface area contributed by atoms with Crippen LogP contribution in [0.5, 0.6) is 5.75 Å². The minimum Gasteiger partial charge on any atom is -0.486 e. The maximum atomic E-state index is 12.6. The predicted molar refractivity (Wildman–Crippen MR) is 114 cm³/mol. The number of carbonyl (C=O) groups is 1. The Hall–Kier alpha value is -4.21. The van der Waals surface area contributed by atoms with Gasteiger partial charge < -0.3 is 14.6 Å². The average Bonchev–Trinajstić information content (AvgIpc) is 3.19. The van der Waals surface area contributed by atoms with E-state index in [9.17, 15) is 14.4 Å². The summed E-state index contributed by atoms with van der Waals surface area (Å²) in [6.07, 6.45) is 4.94. The normalized spacial score (nSPS) is 10.9. The summed E-state index contributed by atoms with van der Waals surface area (Å²) in [7, 11) is 4.82. The second-order valence-corrected chi connectivity index (χ2v) is 7.02. The van der Waals surface area contributed by atoms with Crippen molar-refractivity contribution < 1.29 is 9.53 Å². The molecule has 0 atom stereocenters. The van der Waals surface area contributed by atoms with Crippen LogP contribution in [0.1, 0.15) is 16.2 Å². The molecule has 10 heteroatoms. The summed E-state index contributed by atoms with van der Waals surface area (Å²) in [6.45, 7) is 0.315. The van der Waals surface area contributed by atoms with Crippen LogP contribution in [0.4, 0.5) is 5.69 Å². The van der Waals surface area contributed by atoms with Crippen LogP contribution in [-0.4, -0.2) is 29.6 Å². The number of rotatable bonds is 5. The lowest BCUT2D eigenvalue weighted by molar-refractivity contribution is 0.102. The number of aryl methyl sites for hydroxylation is 2. The van der Waals surface area contributed by atoms with Crippen LogP contribution in [0.3, 0.4) is 0 Å². The molecule has 1 N–H and O–H groups in total. The van der Waals surface area contributed by atoms with Crippen LogP contribution < -0.4 is 21.3 Å². The van der Waals surface area contributed by atoms with Gasteiger partial charge in [-0.05, 0) is 30.3 Å². The number of nitrogens with one attached hydrogen (secondary N) is 1. The van der Waals surface area contributed by atoms with Crippen LogP contribution >= 0.6 is 0 Å². The summed E-state index contributed by atoms with van der Waals surface area (Å²) >= 11 is 0. The van der Waals surface area contributed by atoms with Gasteiger partial charge in [-0.1, -0.05) is 0 Å². The number of carbonyl (C=O) groups excluding carboxylic acids is 1. The quantitative estimate of drug-likeness (QED) is 0.519. The van der Waals surface area contributed by atoms with Crippen molar-refractivity contribution in [2.45, 2.75) is 6.61 Å². The van der Waals surface area contributed by atoms with Crippen LogP contribution in [-0.2, 0) is 27.7 Å². The van der Waals surface area contributed by atoms with Crippen LogP contribution in [0.15, 0.2) is 58.5 Å². The Morgan fingerprint density at radius 2 is 1.81 bits per heavy atom. The van der Waals surface area contributed by atoms with Gasteiger partial charge in [-0.25, -0.2) is 14.8 Å². The fourth-order valence-electron chi connectivity index (χ4n) is 3.12. The van der Waals surface area contributed by atoms with E-state index in [0.717, 1.165) is 10.4 Å². The maximum absolute atomic E-state index is 12.6. The minimum atomic E-state index is -0.476. The summed E-state index contributed by atoms with van der Waals surface area (Å²) in [4.78, 5) is 45.4. The molecule has 4 rings (SSSR count). The van der Waals surface area contributed by atoms with Gasteiger partial charge in [-0.2, -0.15) is 0 Å². The fourth-order valence-corrected chi connectivity index (χ4v) is 3.12. The van der Waals surface area contributed by atoms with Crippen molar-refractivity contribution in [2.75, 3.05) is 5.32 Å². The third-order valence-electron chi connectivity index (χ3n) is 4.96. The molecule has 0 spiro atoms. The van der Waals surface area contributed by atoms with E-state index in [-0.39, 0.29) is 16.9 Å². The number of amides is 1. The zero-order chi connectivity index (χ0) is 22.1. The molecule has 31 heavy (non-hydrogen) atoms. The molecule has 0 aliphatic carbocycles. The van der Waals surface area contributed by atoms with Gasteiger partial charge in [0.2, 0.25) is 0 Å². The van der Waals surface area contributed by atoms with Gasteiger partial charge in [0, 0.05) is 39.1 Å². The summed E-state index contributed by atoms with van der Waals surface area (Å²) in [5.41, 5.74) is 0.0735. The standard InChI is InChI=1S/C21H20N6O4/c1-25-9-8-22-17(25)12-31-15-6-4-13(5-7-15)19(28)24-14-10-16-18(23-11-14)26(2)21(30)27(3)20(16)29/h4-11H,12H2,1-3H3,(H,24,28). The van der Waals surface area contributed by atoms with E-state index in [0.29, 0.717) is 23.6 Å². The molecule has 0 aliphatic rings. The molecule has 0 aliphatic heterocycles. The van der Waals surface area contributed by atoms with E-state index >= 15 is 0 Å². The summed E-state index contributed by atoms with van der Waals surface area (Å²) < 4.78 is 9.84. The van der Waals surface area contributed by atoms with E-state index < -0.39 is 11.2 Å². The maximum Gasteiger partial charge on any atom is 0.332 e. The number of hydrogen-bond acceptors (Lipinski definition) is 6. The second-order valence-electron chi connectivity index (χ2n) is 7.02. The first-order chi connectivity index (χ1) is 14.8. The highest BCUT2D eigenvalue weighted by Gasteiger charge is 2.12. The Morgan fingerprint density at radius 3 is 2.48 bits per heavy atom. The monoisotopic (exact) mass is 420 g/mol. The third kappa shape index (κ3) is 3.82. The van der Waals surface area contributed by atoms with Crippen molar-refractivity contribution >= 4 is 22.6 Å². The van der Waals surface area contributed by atoms with Gasteiger partial charge in [-0.3, -0.25) is 18.7 Å². The smallest absolute Gasteiger partial charge is 0.332 e. The lowest BCUT2D eigenvalue weighted by Gasteiger charge is -2.10. The third-order valence-corrected chi connectivity index (χ3v) is 4.96. The highest BCUT2D eigenvalue weighted by Crippen LogP contribution is 2.16. The first kappa shape index (κ1) is 20.1. The van der Waals surface area contributed by atoms with Crippen molar-refractivity contribution in [1.29, 1.82) is 0 Å². The fraction of sp³-hybridized carbons (Fsp3) is 0.190. The number of ether oxygens (including phenoxy) is 1. The molecule has 0 saturated heterocycles. The first-order valence-corrected chi connectivity index (χ1v) is 9.41. The predicted octanol–water partition coefficient (Wildman–Crippen LogP) is 1.20. The summed E-state index contributed by atoms with van der Waals surface area (Å²) in [5.74, 6) is 1.03. The zero-order valence-electron chi connectivity index (χ0n) is 17.2. The molecule has 158 valence electrons. The molecule has 3 aromatic heterocycles. The molecule has 10 nitrogen and oxygen atoms in total. The highest BCUT2D eigenvalue weighted by molar-refractivity contribution is 6.04. The summed E-state index contributed by atoms with van der Waals surface area (Å²) in [6, 6.07) is 8.18. The van der Waals surface area contributed by atoms with Gasteiger partial charge in [-0.15, -0.1) is 0 Å². The molecule has 0 fully saturated rings. The molecule has 0 unspecified atom stereocenters. The van der Waals surface area contributed by atoms with E-state index in [1.807, 2.05) is 17.8 Å². The largest absolute Gasteiger partial charge is 0.486 e. The van der Waals surface area contributed by atoms with Crippen LogP contribution in [0.2, 0.25) is 0 Å². The molecule has 1 aromatic carbocycles. The van der Waals surface area contributed by atoms with E-state index in [1.165, 1.54) is 30.9 Å². The molecular formula is C21H20N6O4. The Bertz CT molecular complexity index is 1400. The lowest BCUT2D eigenvalue weighted by Crippen LogP contribution is -2.37. The van der Waals surface area contributed by atoms with E-state index in [2.05, 4.69) is 15.3 Å². The highest BCUT2D eigenvalue weighted by atomic mass is 16.5. The Balaban J connectivity index is 1.50. The molecule has 0 bridgehead atoms. The Labute approximate surface area is 176 Å². The molecule has 1 amide bonds. The van der Waals surface area contributed by atoms with Gasteiger partial charge in [0.25, 0.3) is 11.5 Å². The number of nitrogens with zero attached hydrogens (tertiary/aromatic N) is 5. The Kier molecular flexibility index (Phi) is 5.12. The number of fused-ring (bicyclic) bond motifs is 1. The van der Waals surface area contributed by atoms with Crippen molar-refractivity contribution in [1.82, 2.24) is 23.7 Å². The van der Waals surface area contributed by atoms with Crippen LogP contribution in [0.25, 0.3) is 11.0 Å². The van der Waals surface area contributed by atoms with Crippen molar-refractivity contribution in [3.63, 3.8) is 0 Å². The van der Waals surface area contributed by atoms with Gasteiger partial charge >= 0.3 is 5.69 Å². The number of imidazole rings is 1. The number of anilines is 1. The molecule has 4 aromatic rings. The number of pyridine rings is 1. The lowest BCUT2D eigenvalue weighted by atomic mass is 10.2. The second kappa shape index (κ2) is 7.90. The zero-order valence-corrected chi connectivity index (χ0v) is 17.2. The first-order valence-electron chi connectivity index (χ1n) is 9.41. The topological polar surface area (TPSA) is 113 Å². The molecule has 0 saturated carbocycles.